The highest BCUT2D eigenvalue weighted by molar-refractivity contribution is 7.92. The molecule has 2 rings (SSSR count). The van der Waals surface area contributed by atoms with Crippen LogP contribution in [-0.2, 0) is 16.6 Å². The van der Waals surface area contributed by atoms with Crippen LogP contribution in [0.25, 0.3) is 0 Å². The number of ether oxygens (including phenoxy) is 1. The Labute approximate surface area is 137 Å². The summed E-state index contributed by atoms with van der Waals surface area (Å²) in [7, 11) is -1.56. The number of sulfonamides is 1. The van der Waals surface area contributed by atoms with E-state index in [9.17, 15) is 8.42 Å². The molecule has 0 heterocycles. The van der Waals surface area contributed by atoms with E-state index in [-0.39, 0.29) is 0 Å². The Morgan fingerprint density at radius 1 is 1.00 bits per heavy atom. The van der Waals surface area contributed by atoms with Crippen LogP contribution in [0.5, 0.6) is 5.75 Å². The van der Waals surface area contributed by atoms with Gasteiger partial charge in [-0.25, -0.2) is 8.42 Å². The van der Waals surface area contributed by atoms with Gasteiger partial charge in [0.05, 0.1) is 13.4 Å². The minimum atomic E-state index is -3.24. The predicted molar refractivity (Wildman–Crippen MR) is 94.7 cm³/mol. The first kappa shape index (κ1) is 17.1. The quantitative estimate of drug-likeness (QED) is 0.850. The molecule has 0 saturated carbocycles. The first-order valence-corrected chi connectivity index (χ1v) is 9.13. The molecule has 0 spiro atoms. The fourth-order valence-electron chi connectivity index (χ4n) is 2.54. The van der Waals surface area contributed by atoms with Crippen molar-refractivity contribution in [1.82, 2.24) is 0 Å². The van der Waals surface area contributed by atoms with Crippen molar-refractivity contribution in [3.8, 4) is 5.75 Å². The topological polar surface area (TPSA) is 67.4 Å². The Bertz CT molecular complexity index is 761. The third-order valence-electron chi connectivity index (χ3n) is 3.41. The molecule has 2 N–H and O–H groups in total. The third-order valence-corrected chi connectivity index (χ3v) is 4.02. The van der Waals surface area contributed by atoms with Crippen LogP contribution in [0.1, 0.15) is 16.7 Å². The standard InChI is InChI=1S/C17H22N2O3S/c1-12-9-14(10-13(2)17(12)22-3)11-18-15-5-7-16(8-6-15)19-23(4,20)21/h5-10,18-19H,11H2,1-4H3. The number of rotatable bonds is 6. The summed E-state index contributed by atoms with van der Waals surface area (Å²) in [5.41, 5.74) is 4.86. The fourth-order valence-corrected chi connectivity index (χ4v) is 3.10. The Morgan fingerprint density at radius 2 is 1.52 bits per heavy atom. The molecule has 5 nitrogen and oxygen atoms in total. The average molecular weight is 334 g/mol. The van der Waals surface area contributed by atoms with Crippen molar-refractivity contribution >= 4 is 21.4 Å². The number of hydrogen-bond donors (Lipinski definition) is 2. The lowest BCUT2D eigenvalue weighted by atomic mass is 10.1. The highest BCUT2D eigenvalue weighted by Gasteiger charge is 2.05. The third kappa shape index (κ3) is 4.89. The highest BCUT2D eigenvalue weighted by atomic mass is 32.2. The molecule has 0 atom stereocenters. The summed E-state index contributed by atoms with van der Waals surface area (Å²) < 4.78 is 30.2. The molecule has 0 fully saturated rings. The van der Waals surface area contributed by atoms with Gasteiger partial charge in [-0.05, 0) is 54.8 Å². The Morgan fingerprint density at radius 3 is 2.00 bits per heavy atom. The normalized spacial score (nSPS) is 11.1. The number of nitrogens with one attached hydrogen (secondary N) is 2. The molecule has 0 aliphatic carbocycles. The highest BCUT2D eigenvalue weighted by Crippen LogP contribution is 2.25. The van der Waals surface area contributed by atoms with Crippen LogP contribution in [0.2, 0.25) is 0 Å². The summed E-state index contributed by atoms with van der Waals surface area (Å²) >= 11 is 0. The minimum absolute atomic E-state index is 0.550. The molecular weight excluding hydrogens is 312 g/mol. The molecule has 6 heteroatoms. The maximum Gasteiger partial charge on any atom is 0.229 e. The lowest BCUT2D eigenvalue weighted by Gasteiger charge is -2.13. The van der Waals surface area contributed by atoms with Gasteiger partial charge in [0.2, 0.25) is 10.0 Å². The van der Waals surface area contributed by atoms with Crippen LogP contribution in [0, 0.1) is 13.8 Å². The SMILES string of the molecule is COc1c(C)cc(CNc2ccc(NS(C)(=O)=O)cc2)cc1C. The van der Waals surface area contributed by atoms with Crippen LogP contribution in [0.3, 0.4) is 0 Å². The number of benzene rings is 2. The van der Waals surface area contributed by atoms with E-state index >= 15 is 0 Å². The van der Waals surface area contributed by atoms with Crippen molar-refractivity contribution in [2.75, 3.05) is 23.4 Å². The van der Waals surface area contributed by atoms with Crippen LogP contribution in [0.4, 0.5) is 11.4 Å². The summed E-state index contributed by atoms with van der Waals surface area (Å²) in [4.78, 5) is 0. The van der Waals surface area contributed by atoms with Crippen molar-refractivity contribution in [3.63, 3.8) is 0 Å². The smallest absolute Gasteiger partial charge is 0.229 e. The molecule has 0 aliphatic heterocycles. The van der Waals surface area contributed by atoms with E-state index < -0.39 is 10.0 Å². The molecule has 0 aliphatic rings. The van der Waals surface area contributed by atoms with Gasteiger partial charge in [0.25, 0.3) is 0 Å². The predicted octanol–water partition coefficient (Wildman–Crippen LogP) is 3.30. The van der Waals surface area contributed by atoms with Gasteiger partial charge in [0.15, 0.2) is 0 Å². The zero-order valence-corrected chi connectivity index (χ0v) is 14.6. The van der Waals surface area contributed by atoms with Gasteiger partial charge in [0.1, 0.15) is 5.75 Å². The van der Waals surface area contributed by atoms with Gasteiger partial charge in [-0.1, -0.05) is 12.1 Å². The van der Waals surface area contributed by atoms with E-state index in [2.05, 4.69) is 22.2 Å². The molecule has 0 aromatic heterocycles. The van der Waals surface area contributed by atoms with E-state index in [1.807, 2.05) is 26.0 Å². The molecule has 0 radical (unpaired) electrons. The molecule has 2 aromatic carbocycles. The molecule has 0 amide bonds. The zero-order valence-electron chi connectivity index (χ0n) is 13.8. The van der Waals surface area contributed by atoms with E-state index in [4.69, 9.17) is 4.74 Å². The van der Waals surface area contributed by atoms with Gasteiger partial charge < -0.3 is 10.1 Å². The molecule has 2 aromatic rings. The summed E-state index contributed by atoms with van der Waals surface area (Å²) in [5, 5.41) is 3.32. The Hall–Kier alpha value is -2.21. The fraction of sp³-hybridized carbons (Fsp3) is 0.294. The molecule has 0 bridgehead atoms. The second kappa shape index (κ2) is 6.91. The maximum atomic E-state index is 11.2. The number of hydrogen-bond acceptors (Lipinski definition) is 4. The van der Waals surface area contributed by atoms with E-state index in [1.54, 1.807) is 19.2 Å². The van der Waals surface area contributed by atoms with Crippen molar-refractivity contribution < 1.29 is 13.2 Å². The van der Waals surface area contributed by atoms with Crippen molar-refractivity contribution in [1.29, 1.82) is 0 Å². The molecule has 23 heavy (non-hydrogen) atoms. The van der Waals surface area contributed by atoms with E-state index in [0.29, 0.717) is 12.2 Å². The van der Waals surface area contributed by atoms with Gasteiger partial charge in [-0.3, -0.25) is 4.72 Å². The lowest BCUT2D eigenvalue weighted by molar-refractivity contribution is 0.408. The van der Waals surface area contributed by atoms with E-state index in [1.165, 1.54) is 5.56 Å². The minimum Gasteiger partial charge on any atom is -0.496 e. The Balaban J connectivity index is 2.04. The van der Waals surface area contributed by atoms with Crippen LogP contribution >= 0.6 is 0 Å². The molecular formula is C17H22N2O3S. The Kier molecular flexibility index (Phi) is 5.15. The number of methoxy groups -OCH3 is 1. The number of aryl methyl sites for hydroxylation is 2. The van der Waals surface area contributed by atoms with Crippen molar-refractivity contribution in [3.05, 3.63) is 53.1 Å². The van der Waals surface area contributed by atoms with Gasteiger partial charge in [-0.15, -0.1) is 0 Å². The summed E-state index contributed by atoms with van der Waals surface area (Å²) in [5.74, 6) is 0.921. The monoisotopic (exact) mass is 334 g/mol. The van der Waals surface area contributed by atoms with Crippen LogP contribution in [-0.4, -0.2) is 21.8 Å². The van der Waals surface area contributed by atoms with Gasteiger partial charge in [0, 0.05) is 17.9 Å². The maximum absolute atomic E-state index is 11.2. The largest absolute Gasteiger partial charge is 0.496 e. The van der Waals surface area contributed by atoms with Gasteiger partial charge in [-0.2, -0.15) is 0 Å². The van der Waals surface area contributed by atoms with E-state index in [0.717, 1.165) is 28.8 Å². The second-order valence-electron chi connectivity index (χ2n) is 5.57. The van der Waals surface area contributed by atoms with Gasteiger partial charge >= 0.3 is 0 Å². The molecule has 124 valence electrons. The summed E-state index contributed by atoms with van der Waals surface area (Å²) in [6, 6.07) is 11.3. The molecule has 0 unspecified atom stereocenters. The van der Waals surface area contributed by atoms with Crippen molar-refractivity contribution in [2.24, 2.45) is 0 Å². The number of anilines is 2. The summed E-state index contributed by atoms with van der Waals surface area (Å²) in [6.45, 7) is 4.74. The lowest BCUT2D eigenvalue weighted by Crippen LogP contribution is -2.09. The second-order valence-corrected chi connectivity index (χ2v) is 7.32. The first-order chi connectivity index (χ1) is 10.8. The summed E-state index contributed by atoms with van der Waals surface area (Å²) in [6.07, 6.45) is 1.13. The zero-order chi connectivity index (χ0) is 17.0. The molecule has 0 saturated heterocycles. The average Bonchev–Trinajstić information content (AvgIpc) is 2.45. The first-order valence-electron chi connectivity index (χ1n) is 7.24. The van der Waals surface area contributed by atoms with Crippen molar-refractivity contribution in [2.45, 2.75) is 20.4 Å². The van der Waals surface area contributed by atoms with Crippen LogP contribution in [0.15, 0.2) is 36.4 Å². The van der Waals surface area contributed by atoms with Crippen LogP contribution < -0.4 is 14.8 Å².